The SMILES string of the molecule is O=C(O)N1CCNCC1(C1CCCCC1)N1C=NC=CC1. The fourth-order valence-corrected chi connectivity index (χ4v) is 4.08. The van der Waals surface area contributed by atoms with Crippen molar-refractivity contribution in [2.75, 3.05) is 26.2 Å². The Morgan fingerprint density at radius 2 is 2.14 bits per heavy atom. The predicted octanol–water partition coefficient (Wildman–Crippen LogP) is 1.70. The van der Waals surface area contributed by atoms with E-state index in [0.717, 1.165) is 25.9 Å². The lowest BCUT2D eigenvalue weighted by molar-refractivity contribution is -0.0691. The van der Waals surface area contributed by atoms with Gasteiger partial charge >= 0.3 is 6.09 Å². The second kappa shape index (κ2) is 6.05. The van der Waals surface area contributed by atoms with Crippen LogP contribution in [0.2, 0.25) is 0 Å². The summed E-state index contributed by atoms with van der Waals surface area (Å²) >= 11 is 0. The van der Waals surface area contributed by atoms with E-state index in [-0.39, 0.29) is 0 Å². The van der Waals surface area contributed by atoms with Gasteiger partial charge in [0.1, 0.15) is 5.66 Å². The molecule has 0 aromatic carbocycles. The number of aliphatic imine (C=N–C) groups is 1. The van der Waals surface area contributed by atoms with Crippen LogP contribution in [0.25, 0.3) is 0 Å². The molecule has 2 fully saturated rings. The normalized spacial score (nSPS) is 30.7. The van der Waals surface area contributed by atoms with Crippen LogP contribution in [0.3, 0.4) is 0 Å². The first-order valence-corrected chi connectivity index (χ1v) is 7.91. The fraction of sp³-hybridized carbons (Fsp3) is 0.733. The average Bonchev–Trinajstić information content (AvgIpc) is 2.56. The van der Waals surface area contributed by atoms with Gasteiger partial charge in [-0.15, -0.1) is 0 Å². The Morgan fingerprint density at radius 3 is 2.81 bits per heavy atom. The molecule has 0 aromatic heterocycles. The number of carbonyl (C=O) groups is 1. The van der Waals surface area contributed by atoms with E-state index in [4.69, 9.17) is 0 Å². The minimum absolute atomic E-state index is 0.369. The van der Waals surface area contributed by atoms with E-state index in [1.54, 1.807) is 11.1 Å². The molecule has 1 unspecified atom stereocenters. The van der Waals surface area contributed by atoms with Crippen LogP contribution in [0, 0.1) is 5.92 Å². The zero-order valence-corrected chi connectivity index (χ0v) is 12.4. The van der Waals surface area contributed by atoms with Gasteiger partial charge < -0.3 is 15.3 Å². The molecule has 1 saturated heterocycles. The van der Waals surface area contributed by atoms with Gasteiger partial charge in [0.25, 0.3) is 0 Å². The Balaban J connectivity index is 1.97. The Bertz CT molecular complexity index is 445. The molecule has 21 heavy (non-hydrogen) atoms. The molecule has 3 aliphatic rings. The van der Waals surface area contributed by atoms with Crippen LogP contribution >= 0.6 is 0 Å². The van der Waals surface area contributed by atoms with Crippen molar-refractivity contribution >= 4 is 12.4 Å². The van der Waals surface area contributed by atoms with Gasteiger partial charge in [0.15, 0.2) is 0 Å². The third-order valence-electron chi connectivity index (χ3n) is 5.05. The highest BCUT2D eigenvalue weighted by Gasteiger charge is 2.51. The van der Waals surface area contributed by atoms with Crippen LogP contribution in [0.1, 0.15) is 32.1 Å². The van der Waals surface area contributed by atoms with E-state index in [0.29, 0.717) is 19.0 Å². The molecule has 6 heteroatoms. The van der Waals surface area contributed by atoms with Crippen molar-refractivity contribution in [2.45, 2.75) is 37.8 Å². The second-order valence-electron chi connectivity index (χ2n) is 6.13. The number of hydrogen-bond acceptors (Lipinski definition) is 4. The lowest BCUT2D eigenvalue weighted by Crippen LogP contribution is -2.73. The van der Waals surface area contributed by atoms with Crippen molar-refractivity contribution in [1.82, 2.24) is 15.1 Å². The molecule has 1 aliphatic carbocycles. The van der Waals surface area contributed by atoms with Gasteiger partial charge in [-0.25, -0.2) is 9.79 Å². The predicted molar refractivity (Wildman–Crippen MR) is 81.2 cm³/mol. The van der Waals surface area contributed by atoms with Crippen molar-refractivity contribution in [3.8, 4) is 0 Å². The van der Waals surface area contributed by atoms with Gasteiger partial charge in [0, 0.05) is 38.3 Å². The second-order valence-corrected chi connectivity index (χ2v) is 6.13. The highest BCUT2D eigenvalue weighted by molar-refractivity contribution is 5.68. The molecule has 3 rings (SSSR count). The number of nitrogens with one attached hydrogen (secondary N) is 1. The molecule has 0 aromatic rings. The molecular weight excluding hydrogens is 268 g/mol. The smallest absolute Gasteiger partial charge is 0.409 e. The Hall–Kier alpha value is -1.56. The molecule has 2 aliphatic heterocycles. The monoisotopic (exact) mass is 292 g/mol. The van der Waals surface area contributed by atoms with Gasteiger partial charge in [-0.3, -0.25) is 4.90 Å². The van der Waals surface area contributed by atoms with Gasteiger partial charge in [-0.05, 0) is 18.9 Å². The van der Waals surface area contributed by atoms with Crippen molar-refractivity contribution in [3.63, 3.8) is 0 Å². The van der Waals surface area contributed by atoms with Crippen molar-refractivity contribution in [3.05, 3.63) is 12.3 Å². The number of hydrogen-bond donors (Lipinski definition) is 2. The third kappa shape index (κ3) is 2.52. The first-order valence-electron chi connectivity index (χ1n) is 7.91. The van der Waals surface area contributed by atoms with Crippen molar-refractivity contribution in [1.29, 1.82) is 0 Å². The molecule has 6 nitrogen and oxygen atoms in total. The molecule has 116 valence electrons. The Morgan fingerprint density at radius 1 is 1.33 bits per heavy atom. The maximum atomic E-state index is 11.9. The van der Waals surface area contributed by atoms with Crippen LogP contribution in [0.15, 0.2) is 17.3 Å². The van der Waals surface area contributed by atoms with E-state index in [1.807, 2.05) is 12.4 Å². The maximum Gasteiger partial charge on any atom is 0.409 e. The first kappa shape index (κ1) is 14.4. The van der Waals surface area contributed by atoms with Crippen LogP contribution in [0.4, 0.5) is 4.79 Å². The summed E-state index contributed by atoms with van der Waals surface area (Å²) in [4.78, 5) is 19.9. The summed E-state index contributed by atoms with van der Waals surface area (Å²) in [6.45, 7) is 2.68. The summed E-state index contributed by atoms with van der Waals surface area (Å²) < 4.78 is 0. The summed E-state index contributed by atoms with van der Waals surface area (Å²) in [5, 5.41) is 13.2. The molecule has 1 amide bonds. The molecule has 0 spiro atoms. The summed E-state index contributed by atoms with van der Waals surface area (Å²) in [6, 6.07) is 0. The van der Waals surface area contributed by atoms with Crippen LogP contribution < -0.4 is 5.32 Å². The van der Waals surface area contributed by atoms with Gasteiger partial charge in [-0.2, -0.15) is 0 Å². The highest BCUT2D eigenvalue weighted by atomic mass is 16.4. The molecular formula is C15H24N4O2. The summed E-state index contributed by atoms with van der Waals surface area (Å²) in [7, 11) is 0. The Kier molecular flexibility index (Phi) is 4.14. The largest absolute Gasteiger partial charge is 0.465 e. The topological polar surface area (TPSA) is 68.2 Å². The molecule has 0 bridgehead atoms. The van der Waals surface area contributed by atoms with Gasteiger partial charge in [0.05, 0.1) is 6.34 Å². The van der Waals surface area contributed by atoms with Gasteiger partial charge in [-0.1, -0.05) is 19.3 Å². The number of rotatable bonds is 2. The first-order chi connectivity index (χ1) is 10.2. The molecule has 2 N–H and O–H groups in total. The average molecular weight is 292 g/mol. The summed E-state index contributed by atoms with van der Waals surface area (Å²) in [5.41, 5.74) is -0.487. The van der Waals surface area contributed by atoms with Crippen LogP contribution in [0.5, 0.6) is 0 Å². The van der Waals surface area contributed by atoms with Crippen molar-refractivity contribution < 1.29 is 9.90 Å². The minimum atomic E-state index is -0.815. The number of piperazine rings is 1. The zero-order valence-electron chi connectivity index (χ0n) is 12.4. The Labute approximate surface area is 125 Å². The molecule has 0 radical (unpaired) electrons. The van der Waals surface area contributed by atoms with E-state index in [1.165, 1.54) is 19.3 Å². The van der Waals surface area contributed by atoms with Crippen LogP contribution in [-0.2, 0) is 0 Å². The lowest BCUT2D eigenvalue weighted by atomic mass is 9.77. The third-order valence-corrected chi connectivity index (χ3v) is 5.05. The molecule has 1 atom stereocenters. The molecule has 1 saturated carbocycles. The van der Waals surface area contributed by atoms with Crippen LogP contribution in [-0.4, -0.2) is 59.2 Å². The minimum Gasteiger partial charge on any atom is -0.465 e. The maximum absolute atomic E-state index is 11.9. The molecule has 2 heterocycles. The van der Waals surface area contributed by atoms with E-state index < -0.39 is 11.8 Å². The standard InChI is InChI=1S/C15H24N4O2/c20-14(21)19-10-8-16-11-15(19,13-5-2-1-3-6-13)18-9-4-7-17-12-18/h4,7,12-13,16H,1-3,5-6,8-11H2,(H,20,21). The van der Waals surface area contributed by atoms with Gasteiger partial charge in [0.2, 0.25) is 0 Å². The van der Waals surface area contributed by atoms with E-state index in [9.17, 15) is 9.90 Å². The van der Waals surface area contributed by atoms with Crippen molar-refractivity contribution in [2.24, 2.45) is 10.9 Å². The summed E-state index contributed by atoms with van der Waals surface area (Å²) in [6.07, 6.45) is 10.6. The number of carboxylic acid groups (broad SMARTS) is 1. The number of amides is 1. The summed E-state index contributed by atoms with van der Waals surface area (Å²) in [5.74, 6) is 0.369. The highest BCUT2D eigenvalue weighted by Crippen LogP contribution is 2.39. The number of nitrogens with zero attached hydrogens (tertiary/aromatic N) is 3. The lowest BCUT2D eigenvalue weighted by Gasteiger charge is -2.56. The van der Waals surface area contributed by atoms with E-state index >= 15 is 0 Å². The van der Waals surface area contributed by atoms with E-state index in [2.05, 4.69) is 15.2 Å². The zero-order chi connectivity index (χ0) is 14.7. The fourth-order valence-electron chi connectivity index (χ4n) is 4.08. The quantitative estimate of drug-likeness (QED) is 0.813.